The van der Waals surface area contributed by atoms with Gasteiger partial charge in [-0.1, -0.05) is 0 Å². The highest BCUT2D eigenvalue weighted by atomic mass is 19.1. The highest BCUT2D eigenvalue weighted by Gasteiger charge is 2.35. The van der Waals surface area contributed by atoms with Crippen LogP contribution in [0.2, 0.25) is 0 Å². The third kappa shape index (κ3) is 1.44. The molecule has 2 heteroatoms. The molecule has 8 heavy (non-hydrogen) atoms. The van der Waals surface area contributed by atoms with Gasteiger partial charge in [-0.3, -0.25) is 0 Å². The molecular weight excluding hydrogens is 105 g/mol. The van der Waals surface area contributed by atoms with E-state index in [9.17, 15) is 4.39 Å². The third-order valence-electron chi connectivity index (χ3n) is 1.65. The van der Waals surface area contributed by atoms with E-state index in [0.29, 0.717) is 12.1 Å². The highest BCUT2D eigenvalue weighted by molar-refractivity contribution is 4.96. The van der Waals surface area contributed by atoms with Gasteiger partial charge in [0.05, 0.1) is 0 Å². The van der Waals surface area contributed by atoms with E-state index in [1.165, 1.54) is 12.8 Å². The summed E-state index contributed by atoms with van der Waals surface area (Å²) >= 11 is 0. The molecule has 48 valence electrons. The van der Waals surface area contributed by atoms with Crippen molar-refractivity contribution in [2.24, 2.45) is 0 Å². The molecule has 0 aliphatic heterocycles. The first-order chi connectivity index (χ1) is 3.77. The van der Waals surface area contributed by atoms with E-state index in [-0.39, 0.29) is 6.67 Å². The first-order valence-corrected chi connectivity index (χ1v) is 3.08. The molecule has 1 aliphatic carbocycles. The molecule has 0 aromatic rings. The molecule has 0 amide bonds. The Bertz CT molecular complexity index is 78.6. The Balaban J connectivity index is 2.01. The molecule has 1 N–H and O–H groups in total. The minimum atomic E-state index is -0.240. The fraction of sp³-hybridized carbons (Fsp3) is 1.00. The molecule has 0 aromatic carbocycles. The van der Waals surface area contributed by atoms with Crippen molar-refractivity contribution in [3.05, 3.63) is 0 Å². The normalized spacial score (nSPS) is 23.2. The topological polar surface area (TPSA) is 12.0 Å². The number of hydrogen-bond acceptors (Lipinski definition) is 1. The molecule has 1 fully saturated rings. The standard InChI is InChI=1S/C6H12FN/c1-6(2-3-6)8-5-4-7/h8H,2-5H2,1H3. The van der Waals surface area contributed by atoms with Crippen LogP contribution in [-0.4, -0.2) is 18.8 Å². The van der Waals surface area contributed by atoms with Crippen LogP contribution in [0.4, 0.5) is 4.39 Å². The molecule has 1 nitrogen and oxygen atoms in total. The van der Waals surface area contributed by atoms with Crippen LogP contribution >= 0.6 is 0 Å². The van der Waals surface area contributed by atoms with Crippen molar-refractivity contribution in [1.82, 2.24) is 5.32 Å². The number of halogens is 1. The van der Waals surface area contributed by atoms with E-state index in [1.54, 1.807) is 0 Å². The first-order valence-electron chi connectivity index (χ1n) is 3.08. The van der Waals surface area contributed by atoms with Gasteiger partial charge in [-0.15, -0.1) is 0 Å². The molecule has 0 unspecified atom stereocenters. The minimum Gasteiger partial charge on any atom is -0.309 e. The maximum absolute atomic E-state index is 11.5. The number of rotatable bonds is 3. The Labute approximate surface area is 49.3 Å². The van der Waals surface area contributed by atoms with Crippen molar-refractivity contribution < 1.29 is 4.39 Å². The van der Waals surface area contributed by atoms with Gasteiger partial charge in [-0.25, -0.2) is 4.39 Å². The van der Waals surface area contributed by atoms with Crippen molar-refractivity contribution in [1.29, 1.82) is 0 Å². The average Bonchev–Trinajstić information content (AvgIpc) is 2.45. The summed E-state index contributed by atoms with van der Waals surface area (Å²) in [5, 5.41) is 3.11. The molecule has 1 rings (SSSR count). The molecule has 0 heterocycles. The lowest BCUT2D eigenvalue weighted by atomic mass is 10.3. The number of alkyl halides is 1. The van der Waals surface area contributed by atoms with Crippen LogP contribution in [0.5, 0.6) is 0 Å². The summed E-state index contributed by atoms with van der Waals surface area (Å²) in [5.41, 5.74) is 0.312. The Morgan fingerprint density at radius 1 is 1.62 bits per heavy atom. The van der Waals surface area contributed by atoms with Crippen LogP contribution in [0.15, 0.2) is 0 Å². The zero-order valence-corrected chi connectivity index (χ0v) is 5.21. The van der Waals surface area contributed by atoms with E-state index in [1.807, 2.05) is 0 Å². The highest BCUT2D eigenvalue weighted by Crippen LogP contribution is 2.33. The average molecular weight is 117 g/mol. The van der Waals surface area contributed by atoms with Gasteiger partial charge >= 0.3 is 0 Å². The number of hydrogen-bond donors (Lipinski definition) is 1. The molecular formula is C6H12FN. The van der Waals surface area contributed by atoms with Crippen molar-refractivity contribution in [3.63, 3.8) is 0 Å². The van der Waals surface area contributed by atoms with Crippen LogP contribution in [-0.2, 0) is 0 Å². The monoisotopic (exact) mass is 117 g/mol. The SMILES string of the molecule is CC1(NCCF)CC1. The summed E-state index contributed by atoms with van der Waals surface area (Å²) < 4.78 is 11.5. The van der Waals surface area contributed by atoms with Crippen LogP contribution in [0.1, 0.15) is 19.8 Å². The molecule has 0 radical (unpaired) electrons. The Hall–Kier alpha value is -0.110. The zero-order valence-electron chi connectivity index (χ0n) is 5.21. The van der Waals surface area contributed by atoms with Gasteiger partial charge in [0.1, 0.15) is 6.67 Å². The zero-order chi connectivity index (χ0) is 6.04. The van der Waals surface area contributed by atoms with Gasteiger partial charge in [-0.05, 0) is 19.8 Å². The molecule has 0 atom stereocenters. The quantitative estimate of drug-likeness (QED) is 0.583. The van der Waals surface area contributed by atoms with Crippen molar-refractivity contribution >= 4 is 0 Å². The Morgan fingerprint density at radius 2 is 2.25 bits per heavy atom. The Morgan fingerprint density at radius 3 is 2.62 bits per heavy atom. The van der Waals surface area contributed by atoms with Gasteiger partial charge in [0, 0.05) is 12.1 Å². The second-order valence-electron chi connectivity index (χ2n) is 2.68. The lowest BCUT2D eigenvalue weighted by Crippen LogP contribution is -2.29. The van der Waals surface area contributed by atoms with Gasteiger partial charge in [0.2, 0.25) is 0 Å². The molecule has 0 bridgehead atoms. The Kier molecular flexibility index (Phi) is 1.52. The lowest BCUT2D eigenvalue weighted by Gasteiger charge is -2.07. The maximum atomic E-state index is 11.5. The van der Waals surface area contributed by atoms with E-state index in [0.717, 1.165) is 0 Å². The van der Waals surface area contributed by atoms with Gasteiger partial charge in [0.25, 0.3) is 0 Å². The number of nitrogens with one attached hydrogen (secondary N) is 1. The van der Waals surface area contributed by atoms with E-state index >= 15 is 0 Å². The fourth-order valence-corrected chi connectivity index (χ4v) is 0.713. The summed E-state index contributed by atoms with van der Waals surface area (Å²) in [6, 6.07) is 0. The summed E-state index contributed by atoms with van der Waals surface area (Å²) in [5.74, 6) is 0. The fourth-order valence-electron chi connectivity index (χ4n) is 0.713. The molecule has 1 aliphatic rings. The van der Waals surface area contributed by atoms with Gasteiger partial charge in [-0.2, -0.15) is 0 Å². The molecule has 0 aromatic heterocycles. The maximum Gasteiger partial charge on any atom is 0.102 e. The van der Waals surface area contributed by atoms with Crippen LogP contribution < -0.4 is 5.32 Å². The predicted octanol–water partition coefficient (Wildman–Crippen LogP) is 1.10. The summed E-state index contributed by atoms with van der Waals surface area (Å²) in [6.45, 7) is 2.41. The van der Waals surface area contributed by atoms with E-state index < -0.39 is 0 Å². The summed E-state index contributed by atoms with van der Waals surface area (Å²) in [6.07, 6.45) is 2.43. The summed E-state index contributed by atoms with van der Waals surface area (Å²) in [7, 11) is 0. The van der Waals surface area contributed by atoms with Crippen molar-refractivity contribution in [3.8, 4) is 0 Å². The van der Waals surface area contributed by atoms with E-state index in [2.05, 4.69) is 12.2 Å². The van der Waals surface area contributed by atoms with Crippen LogP contribution in [0.3, 0.4) is 0 Å². The smallest absolute Gasteiger partial charge is 0.102 e. The minimum absolute atomic E-state index is 0.240. The van der Waals surface area contributed by atoms with Crippen LogP contribution in [0, 0.1) is 0 Å². The third-order valence-corrected chi connectivity index (χ3v) is 1.65. The van der Waals surface area contributed by atoms with Gasteiger partial charge in [0.15, 0.2) is 0 Å². The van der Waals surface area contributed by atoms with Gasteiger partial charge < -0.3 is 5.32 Å². The first kappa shape index (κ1) is 6.02. The largest absolute Gasteiger partial charge is 0.309 e. The second-order valence-corrected chi connectivity index (χ2v) is 2.68. The molecule has 1 saturated carbocycles. The van der Waals surface area contributed by atoms with E-state index in [4.69, 9.17) is 0 Å². The summed E-state index contributed by atoms with van der Waals surface area (Å²) in [4.78, 5) is 0. The van der Waals surface area contributed by atoms with Crippen molar-refractivity contribution in [2.45, 2.75) is 25.3 Å². The molecule has 0 spiro atoms. The lowest BCUT2D eigenvalue weighted by molar-refractivity contribution is 0.433. The van der Waals surface area contributed by atoms with Crippen LogP contribution in [0.25, 0.3) is 0 Å². The van der Waals surface area contributed by atoms with Crippen molar-refractivity contribution in [2.75, 3.05) is 13.2 Å². The molecule has 0 saturated heterocycles. The predicted molar refractivity (Wildman–Crippen MR) is 31.6 cm³/mol. The second kappa shape index (κ2) is 2.02.